The van der Waals surface area contributed by atoms with E-state index in [-0.39, 0.29) is 31.4 Å². The molecule has 2 atom stereocenters. The normalized spacial score (nSPS) is 20.1. The Morgan fingerprint density at radius 2 is 1.61 bits per heavy atom. The number of anilines is 1. The van der Waals surface area contributed by atoms with Crippen LogP contribution < -0.4 is 11.1 Å². The van der Waals surface area contributed by atoms with Crippen LogP contribution >= 0.6 is 0 Å². The maximum Gasteiger partial charge on any atom is 0.416 e. The summed E-state index contributed by atoms with van der Waals surface area (Å²) in [6.45, 7) is -0.0667. The Balaban J connectivity index is 1.55. The van der Waals surface area contributed by atoms with Crippen molar-refractivity contribution in [2.24, 2.45) is 16.8 Å². The van der Waals surface area contributed by atoms with E-state index in [1.165, 1.54) is 29.3 Å². The standard InChI is InChI=1S/C22H18F7N5O2/c23-14-3-1-2-11(6-14)18-17(19(30)35)16-10-33(4-5-34(16)32-18)20(36)31-15-8-12(21(24,25)26)7-13(9-15)22(27,28)29/h1-3,6-9,16-17H,4-5,10H2,(H2,30,35)(H,31,36). The Hall–Kier alpha value is -3.84. The molecule has 1 fully saturated rings. The third-order valence-corrected chi connectivity index (χ3v) is 5.86. The van der Waals surface area contributed by atoms with Crippen molar-refractivity contribution in [3.8, 4) is 0 Å². The summed E-state index contributed by atoms with van der Waals surface area (Å²) >= 11 is 0. The number of nitrogens with zero attached hydrogens (tertiary/aromatic N) is 3. The predicted molar refractivity (Wildman–Crippen MR) is 113 cm³/mol. The van der Waals surface area contributed by atoms with Gasteiger partial charge in [0, 0.05) is 24.3 Å². The highest BCUT2D eigenvalue weighted by atomic mass is 19.4. The lowest BCUT2D eigenvalue weighted by Gasteiger charge is -2.38. The number of primary amides is 1. The van der Waals surface area contributed by atoms with Crippen molar-refractivity contribution in [3.05, 3.63) is 65.0 Å². The minimum Gasteiger partial charge on any atom is -0.369 e. The van der Waals surface area contributed by atoms with Crippen LogP contribution in [0.4, 0.5) is 41.2 Å². The van der Waals surface area contributed by atoms with Crippen LogP contribution in [0.2, 0.25) is 0 Å². The molecule has 7 nitrogen and oxygen atoms in total. The molecule has 2 aliphatic rings. The van der Waals surface area contributed by atoms with Gasteiger partial charge < -0.3 is 16.0 Å². The zero-order chi connectivity index (χ0) is 26.4. The Morgan fingerprint density at radius 1 is 0.972 bits per heavy atom. The summed E-state index contributed by atoms with van der Waals surface area (Å²) in [7, 11) is 0. The molecule has 2 unspecified atom stereocenters. The fourth-order valence-electron chi connectivity index (χ4n) is 4.21. The van der Waals surface area contributed by atoms with E-state index in [4.69, 9.17) is 5.73 Å². The largest absolute Gasteiger partial charge is 0.416 e. The lowest BCUT2D eigenvalue weighted by atomic mass is 9.89. The number of nitrogens with one attached hydrogen (secondary N) is 1. The molecule has 3 amide bonds. The first-order valence-electron chi connectivity index (χ1n) is 10.5. The molecule has 2 heterocycles. The maximum absolute atomic E-state index is 13.7. The molecule has 2 aromatic carbocycles. The van der Waals surface area contributed by atoms with Crippen LogP contribution in [-0.2, 0) is 17.1 Å². The van der Waals surface area contributed by atoms with Crippen molar-refractivity contribution in [1.29, 1.82) is 0 Å². The lowest BCUT2D eigenvalue weighted by molar-refractivity contribution is -0.143. The van der Waals surface area contributed by atoms with E-state index in [0.717, 1.165) is 4.90 Å². The summed E-state index contributed by atoms with van der Waals surface area (Å²) in [6, 6.07) is 4.36. The zero-order valence-electron chi connectivity index (χ0n) is 18.2. The molecule has 0 saturated carbocycles. The number of piperazine rings is 1. The van der Waals surface area contributed by atoms with Crippen molar-refractivity contribution < 1.29 is 40.3 Å². The van der Waals surface area contributed by atoms with Crippen molar-refractivity contribution >= 4 is 23.3 Å². The Bertz CT molecular complexity index is 1200. The molecule has 2 aliphatic heterocycles. The smallest absolute Gasteiger partial charge is 0.369 e. The van der Waals surface area contributed by atoms with E-state index in [0.29, 0.717) is 17.7 Å². The SMILES string of the molecule is NC(=O)C1C(c2cccc(F)c2)=NN2CCN(C(=O)Nc3cc(C(F)(F)F)cc(C(F)(F)F)c3)CC12. The maximum atomic E-state index is 13.7. The lowest BCUT2D eigenvalue weighted by Crippen LogP contribution is -2.56. The van der Waals surface area contributed by atoms with Crippen LogP contribution in [0.1, 0.15) is 16.7 Å². The van der Waals surface area contributed by atoms with Gasteiger partial charge in [-0.2, -0.15) is 31.4 Å². The molecule has 2 aromatic rings. The first-order chi connectivity index (χ1) is 16.7. The highest BCUT2D eigenvalue weighted by molar-refractivity contribution is 6.14. The van der Waals surface area contributed by atoms with Crippen LogP contribution in [-0.4, -0.2) is 53.2 Å². The van der Waals surface area contributed by atoms with Crippen LogP contribution in [0.25, 0.3) is 0 Å². The summed E-state index contributed by atoms with van der Waals surface area (Å²) in [5.74, 6) is -2.39. The van der Waals surface area contributed by atoms with Crippen LogP contribution in [0.5, 0.6) is 0 Å². The van der Waals surface area contributed by atoms with Gasteiger partial charge in [-0.25, -0.2) is 9.18 Å². The van der Waals surface area contributed by atoms with Gasteiger partial charge in [-0.05, 0) is 30.3 Å². The van der Waals surface area contributed by atoms with Gasteiger partial charge in [0.15, 0.2) is 0 Å². The fraction of sp³-hybridized carbons (Fsp3) is 0.318. The highest BCUT2D eigenvalue weighted by Gasteiger charge is 2.45. The minimum absolute atomic E-state index is 0.00116. The number of hydrogen-bond donors (Lipinski definition) is 2. The van der Waals surface area contributed by atoms with Crippen molar-refractivity contribution in [3.63, 3.8) is 0 Å². The van der Waals surface area contributed by atoms with E-state index in [2.05, 4.69) is 10.4 Å². The summed E-state index contributed by atoms with van der Waals surface area (Å²) in [5, 5.41) is 7.93. The second kappa shape index (κ2) is 8.99. The fourth-order valence-corrected chi connectivity index (χ4v) is 4.21. The number of amides is 3. The van der Waals surface area contributed by atoms with E-state index in [9.17, 15) is 40.3 Å². The third kappa shape index (κ3) is 5.06. The van der Waals surface area contributed by atoms with Gasteiger partial charge in [0.25, 0.3) is 0 Å². The quantitative estimate of drug-likeness (QED) is 0.606. The molecule has 4 rings (SSSR count). The Morgan fingerprint density at radius 3 is 2.17 bits per heavy atom. The number of carbonyl (C=O) groups excluding carboxylic acids is 2. The zero-order valence-corrected chi connectivity index (χ0v) is 18.2. The van der Waals surface area contributed by atoms with Gasteiger partial charge in [0.05, 0.1) is 29.4 Å². The molecule has 192 valence electrons. The predicted octanol–water partition coefficient (Wildman–Crippen LogP) is 3.90. The third-order valence-electron chi connectivity index (χ3n) is 5.86. The molecular weight excluding hydrogens is 499 g/mol. The second-order valence-corrected chi connectivity index (χ2v) is 8.28. The molecule has 0 aromatic heterocycles. The van der Waals surface area contributed by atoms with E-state index in [1.54, 1.807) is 0 Å². The van der Waals surface area contributed by atoms with E-state index < -0.39 is 58.9 Å². The number of alkyl halides is 6. The number of halogens is 7. The Kier molecular flexibility index (Phi) is 6.31. The molecule has 0 radical (unpaired) electrons. The second-order valence-electron chi connectivity index (χ2n) is 8.28. The van der Waals surface area contributed by atoms with Crippen molar-refractivity contribution in [2.45, 2.75) is 18.4 Å². The summed E-state index contributed by atoms with van der Waals surface area (Å²) < 4.78 is 92.4. The van der Waals surface area contributed by atoms with Crippen LogP contribution in [0.3, 0.4) is 0 Å². The van der Waals surface area contributed by atoms with Gasteiger partial charge in [-0.15, -0.1) is 0 Å². The van der Waals surface area contributed by atoms with E-state index >= 15 is 0 Å². The first kappa shape index (κ1) is 25.3. The van der Waals surface area contributed by atoms with Crippen LogP contribution in [0.15, 0.2) is 47.6 Å². The number of benzene rings is 2. The molecule has 0 bridgehead atoms. The van der Waals surface area contributed by atoms with Crippen LogP contribution in [0, 0.1) is 11.7 Å². The van der Waals surface area contributed by atoms with Gasteiger partial charge in [-0.1, -0.05) is 12.1 Å². The molecule has 1 saturated heterocycles. The van der Waals surface area contributed by atoms with Gasteiger partial charge in [0.2, 0.25) is 5.91 Å². The number of rotatable bonds is 3. The van der Waals surface area contributed by atoms with E-state index in [1.807, 2.05) is 0 Å². The topological polar surface area (TPSA) is 91.0 Å². The summed E-state index contributed by atoms with van der Waals surface area (Å²) in [4.78, 5) is 26.2. The summed E-state index contributed by atoms with van der Waals surface area (Å²) in [6.07, 6.45) is -10.1. The molecular formula is C22H18F7N5O2. The van der Waals surface area contributed by atoms with Crippen molar-refractivity contribution in [1.82, 2.24) is 9.91 Å². The molecule has 36 heavy (non-hydrogen) atoms. The molecule has 14 heteroatoms. The molecule has 0 aliphatic carbocycles. The number of urea groups is 1. The number of carbonyl (C=O) groups is 2. The van der Waals surface area contributed by atoms with Gasteiger partial charge in [-0.3, -0.25) is 9.80 Å². The number of nitrogens with two attached hydrogens (primary N) is 1. The molecule has 3 N–H and O–H groups in total. The number of hydrogen-bond acceptors (Lipinski definition) is 4. The average molecular weight is 517 g/mol. The van der Waals surface area contributed by atoms with Gasteiger partial charge >= 0.3 is 18.4 Å². The Labute approximate surface area is 199 Å². The number of hydrazone groups is 1. The first-order valence-corrected chi connectivity index (χ1v) is 10.5. The highest BCUT2D eigenvalue weighted by Crippen LogP contribution is 2.38. The monoisotopic (exact) mass is 517 g/mol. The molecule has 0 spiro atoms. The summed E-state index contributed by atoms with van der Waals surface area (Å²) in [5.41, 5.74) is 2.22. The average Bonchev–Trinajstić information content (AvgIpc) is 3.17. The van der Waals surface area contributed by atoms with Crippen molar-refractivity contribution in [2.75, 3.05) is 25.0 Å². The number of fused-ring (bicyclic) bond motifs is 1. The minimum atomic E-state index is -5.07. The van der Waals surface area contributed by atoms with Gasteiger partial charge in [0.1, 0.15) is 11.7 Å².